The van der Waals surface area contributed by atoms with E-state index in [2.05, 4.69) is 25.3 Å². The SMILES string of the molecule is CC(C)(C)OC(=O)NC[C@H]1CC[C@H](C(=O)N2CCC(c3ccccc3)C2C(=O)Nc2ccc(-c3nc(=O)o[nH]3)c(F)c2)CC1. The molecule has 1 aliphatic carbocycles. The van der Waals surface area contributed by atoms with Gasteiger partial charge in [-0.05, 0) is 82.6 Å². The summed E-state index contributed by atoms with van der Waals surface area (Å²) in [5.74, 6) is -2.30. The normalized spacial score (nSPS) is 22.0. The highest BCUT2D eigenvalue weighted by Gasteiger charge is 2.44. The average Bonchev–Trinajstić information content (AvgIpc) is 3.62. The molecule has 234 valence electrons. The minimum atomic E-state index is -0.874. The van der Waals surface area contributed by atoms with Crippen molar-refractivity contribution >= 4 is 23.6 Å². The number of carbonyl (C=O) groups excluding carboxylic acids is 3. The summed E-state index contributed by atoms with van der Waals surface area (Å²) in [5.41, 5.74) is 0.620. The molecule has 2 unspecified atom stereocenters. The van der Waals surface area contributed by atoms with Crippen molar-refractivity contribution in [1.29, 1.82) is 0 Å². The number of hydrogen-bond acceptors (Lipinski definition) is 7. The Hall–Kier alpha value is -4.48. The highest BCUT2D eigenvalue weighted by atomic mass is 19.1. The topological polar surface area (TPSA) is 147 Å². The third-order valence-corrected chi connectivity index (χ3v) is 8.24. The van der Waals surface area contributed by atoms with Crippen molar-refractivity contribution in [1.82, 2.24) is 20.4 Å². The maximum atomic E-state index is 14.9. The smallest absolute Gasteiger partial charge is 0.444 e. The molecule has 1 aromatic heterocycles. The van der Waals surface area contributed by atoms with Crippen molar-refractivity contribution in [3.63, 3.8) is 0 Å². The monoisotopic (exact) mass is 607 g/mol. The molecule has 1 saturated heterocycles. The summed E-state index contributed by atoms with van der Waals surface area (Å²) in [7, 11) is 0. The van der Waals surface area contributed by atoms with Gasteiger partial charge in [-0.25, -0.2) is 14.0 Å². The van der Waals surface area contributed by atoms with Gasteiger partial charge >= 0.3 is 11.8 Å². The number of aromatic amines is 1. The predicted octanol–water partition coefficient (Wildman–Crippen LogP) is 4.82. The third kappa shape index (κ3) is 7.35. The van der Waals surface area contributed by atoms with Gasteiger partial charge < -0.3 is 24.8 Å². The van der Waals surface area contributed by atoms with Crippen LogP contribution in [0.4, 0.5) is 14.9 Å². The summed E-state index contributed by atoms with van der Waals surface area (Å²) >= 11 is 0. The number of ether oxygens (including phenoxy) is 1. The van der Waals surface area contributed by atoms with Crippen molar-refractivity contribution in [2.24, 2.45) is 11.8 Å². The van der Waals surface area contributed by atoms with E-state index >= 15 is 0 Å². The van der Waals surface area contributed by atoms with Crippen LogP contribution in [0.1, 0.15) is 64.4 Å². The molecule has 0 spiro atoms. The lowest BCUT2D eigenvalue weighted by Crippen LogP contribution is -2.48. The highest BCUT2D eigenvalue weighted by Crippen LogP contribution is 2.38. The maximum absolute atomic E-state index is 14.9. The molecule has 11 nitrogen and oxygen atoms in total. The molecule has 3 aromatic rings. The predicted molar refractivity (Wildman–Crippen MR) is 160 cm³/mol. The summed E-state index contributed by atoms with van der Waals surface area (Å²) in [6.07, 6.45) is 3.06. The second kappa shape index (κ2) is 13.0. The molecular weight excluding hydrogens is 569 g/mol. The minimum Gasteiger partial charge on any atom is -0.444 e. The van der Waals surface area contributed by atoms with E-state index in [1.807, 2.05) is 51.1 Å². The van der Waals surface area contributed by atoms with Crippen LogP contribution in [0, 0.1) is 17.7 Å². The summed E-state index contributed by atoms with van der Waals surface area (Å²) in [5, 5.41) is 7.91. The lowest BCUT2D eigenvalue weighted by atomic mass is 9.81. The number of likely N-dealkylation sites (tertiary alicyclic amines) is 1. The summed E-state index contributed by atoms with van der Waals surface area (Å²) < 4.78 is 24.8. The first-order valence-corrected chi connectivity index (χ1v) is 15.0. The van der Waals surface area contributed by atoms with Gasteiger partial charge in [-0.2, -0.15) is 10.1 Å². The molecule has 2 aromatic carbocycles. The molecule has 5 rings (SSSR count). The van der Waals surface area contributed by atoms with E-state index in [0.717, 1.165) is 24.5 Å². The van der Waals surface area contributed by atoms with Crippen LogP contribution in [-0.2, 0) is 14.3 Å². The number of anilines is 1. The molecule has 0 radical (unpaired) electrons. The van der Waals surface area contributed by atoms with Crippen LogP contribution in [-0.4, -0.2) is 57.7 Å². The van der Waals surface area contributed by atoms with Gasteiger partial charge in [-0.15, -0.1) is 0 Å². The van der Waals surface area contributed by atoms with Gasteiger partial charge in [0.15, 0.2) is 5.82 Å². The van der Waals surface area contributed by atoms with Crippen LogP contribution in [0.15, 0.2) is 57.8 Å². The molecule has 3 amide bonds. The zero-order valence-electron chi connectivity index (χ0n) is 25.1. The van der Waals surface area contributed by atoms with Crippen molar-refractivity contribution in [2.45, 2.75) is 70.4 Å². The highest BCUT2D eigenvalue weighted by molar-refractivity contribution is 5.98. The number of alkyl carbamates (subject to hydrolysis) is 1. The van der Waals surface area contributed by atoms with Gasteiger partial charge in [0.2, 0.25) is 11.8 Å². The molecule has 3 N–H and O–H groups in total. The molecule has 0 bridgehead atoms. The van der Waals surface area contributed by atoms with Crippen molar-refractivity contribution in [2.75, 3.05) is 18.4 Å². The van der Waals surface area contributed by atoms with E-state index in [4.69, 9.17) is 4.74 Å². The number of hydrogen-bond donors (Lipinski definition) is 3. The van der Waals surface area contributed by atoms with E-state index in [0.29, 0.717) is 32.4 Å². The lowest BCUT2D eigenvalue weighted by Gasteiger charge is -2.34. The number of benzene rings is 2. The van der Waals surface area contributed by atoms with Crippen LogP contribution in [0.5, 0.6) is 0 Å². The number of nitrogens with zero attached hydrogens (tertiary/aromatic N) is 2. The van der Waals surface area contributed by atoms with Crippen LogP contribution >= 0.6 is 0 Å². The Balaban J connectivity index is 1.26. The van der Waals surface area contributed by atoms with E-state index in [1.165, 1.54) is 12.1 Å². The summed E-state index contributed by atoms with van der Waals surface area (Å²) in [6, 6.07) is 12.9. The maximum Gasteiger partial charge on any atom is 0.460 e. The van der Waals surface area contributed by atoms with Crippen molar-refractivity contribution < 1.29 is 28.0 Å². The Bertz CT molecular complexity index is 1540. The van der Waals surface area contributed by atoms with Crippen molar-refractivity contribution in [3.8, 4) is 11.4 Å². The number of nitrogens with one attached hydrogen (secondary N) is 3. The second-order valence-corrected chi connectivity index (χ2v) is 12.5. The number of carbonyl (C=O) groups is 3. The molecule has 1 saturated carbocycles. The van der Waals surface area contributed by atoms with Gasteiger partial charge in [-0.3, -0.25) is 9.59 Å². The molecule has 2 aliphatic rings. The molecule has 2 atom stereocenters. The van der Waals surface area contributed by atoms with Gasteiger partial charge in [0, 0.05) is 30.6 Å². The lowest BCUT2D eigenvalue weighted by molar-refractivity contribution is -0.141. The Morgan fingerprint density at radius 2 is 1.80 bits per heavy atom. The van der Waals surface area contributed by atoms with E-state index in [9.17, 15) is 23.6 Å². The molecule has 2 fully saturated rings. The number of rotatable bonds is 7. The van der Waals surface area contributed by atoms with Crippen molar-refractivity contribution in [3.05, 3.63) is 70.5 Å². The van der Waals surface area contributed by atoms with Crippen LogP contribution in [0.25, 0.3) is 11.4 Å². The zero-order valence-corrected chi connectivity index (χ0v) is 25.1. The second-order valence-electron chi connectivity index (χ2n) is 12.5. The van der Waals surface area contributed by atoms with Gasteiger partial charge in [0.25, 0.3) is 0 Å². The Kier molecular flexibility index (Phi) is 9.17. The first-order chi connectivity index (χ1) is 21.0. The average molecular weight is 608 g/mol. The standard InChI is InChI=1S/C32H38FN5O6/c1-32(2,3)43-30(41)34-18-19-9-11-21(12-10-19)29(40)38-16-15-23(20-7-5-4-6-8-20)26(38)28(39)35-22-13-14-24(25(33)17-22)27-36-31(42)44-37-27/h4-8,13-14,17,19,21,23,26H,9-12,15-16,18H2,1-3H3,(H,34,41)(H,35,39)(H,36,37,42)/t19-,21-,23?,26?. The summed E-state index contributed by atoms with van der Waals surface area (Å²) in [6.45, 7) is 6.37. The fourth-order valence-corrected chi connectivity index (χ4v) is 6.15. The summed E-state index contributed by atoms with van der Waals surface area (Å²) in [4.78, 5) is 56.3. The Morgan fingerprint density at radius 1 is 1.07 bits per heavy atom. The molecule has 12 heteroatoms. The van der Waals surface area contributed by atoms with Gasteiger partial charge in [0.05, 0.1) is 5.56 Å². The van der Waals surface area contributed by atoms with Crippen LogP contribution < -0.4 is 16.4 Å². The van der Waals surface area contributed by atoms with Crippen LogP contribution in [0.3, 0.4) is 0 Å². The van der Waals surface area contributed by atoms with E-state index < -0.39 is 35.2 Å². The number of halogens is 1. The number of aromatic nitrogens is 2. The molecule has 2 heterocycles. The molecular formula is C32H38FN5O6. The first kappa shape index (κ1) is 31.0. The quantitative estimate of drug-likeness (QED) is 0.349. The van der Waals surface area contributed by atoms with Crippen LogP contribution in [0.2, 0.25) is 0 Å². The van der Waals surface area contributed by atoms with Gasteiger partial charge in [0.1, 0.15) is 17.5 Å². The molecule has 1 aliphatic heterocycles. The van der Waals surface area contributed by atoms with Gasteiger partial charge in [-0.1, -0.05) is 30.3 Å². The molecule has 44 heavy (non-hydrogen) atoms. The third-order valence-electron chi connectivity index (χ3n) is 8.24. The Morgan fingerprint density at radius 3 is 2.43 bits per heavy atom. The minimum absolute atomic E-state index is 0.0191. The van der Waals surface area contributed by atoms with E-state index in [-0.39, 0.29) is 40.7 Å². The fraction of sp³-hybridized carbons (Fsp3) is 0.469. The first-order valence-electron chi connectivity index (χ1n) is 15.0. The number of amides is 3. The zero-order chi connectivity index (χ0) is 31.4. The van der Waals surface area contributed by atoms with E-state index in [1.54, 1.807) is 4.90 Å². The number of H-pyrrole nitrogens is 1. The largest absolute Gasteiger partial charge is 0.460 e. The Labute approximate surface area is 254 Å². The fourth-order valence-electron chi connectivity index (χ4n) is 6.15.